The van der Waals surface area contributed by atoms with E-state index in [1.807, 2.05) is 42.6 Å². The van der Waals surface area contributed by atoms with Crippen LogP contribution in [-0.4, -0.2) is 28.1 Å². The Morgan fingerprint density at radius 2 is 1.74 bits per heavy atom. The maximum atomic E-state index is 12.3. The van der Waals surface area contributed by atoms with Crippen LogP contribution in [0.1, 0.15) is 38.8 Å². The summed E-state index contributed by atoms with van der Waals surface area (Å²) >= 11 is 12.3. The van der Waals surface area contributed by atoms with Crippen LogP contribution in [-0.2, 0) is 22.5 Å². The van der Waals surface area contributed by atoms with Crippen molar-refractivity contribution in [3.05, 3.63) is 69.8 Å². The molecule has 0 unspecified atom stereocenters. The molecule has 0 aliphatic heterocycles. The Bertz CT molecular complexity index is 1100. The van der Waals surface area contributed by atoms with Gasteiger partial charge in [0.1, 0.15) is 5.60 Å². The number of aromatic nitrogens is 1. The number of nitrogens with zero attached hydrogens (tertiary/aromatic N) is 1. The van der Waals surface area contributed by atoms with Gasteiger partial charge in [-0.2, -0.15) is 0 Å². The summed E-state index contributed by atoms with van der Waals surface area (Å²) in [5.74, 6) is -0.135. The molecular formula is C24H26Cl2N2O3. The van der Waals surface area contributed by atoms with Crippen LogP contribution in [0.5, 0.6) is 0 Å². The summed E-state index contributed by atoms with van der Waals surface area (Å²) in [6.07, 6.45) is 1.76. The molecule has 2 aromatic carbocycles. The number of para-hydroxylation sites is 1. The van der Waals surface area contributed by atoms with Crippen LogP contribution in [0.15, 0.2) is 48.7 Å². The highest BCUT2D eigenvalue weighted by molar-refractivity contribution is 6.34. The van der Waals surface area contributed by atoms with E-state index < -0.39 is 17.7 Å². The van der Waals surface area contributed by atoms with Crippen LogP contribution in [0, 0.1) is 0 Å². The first-order valence-electron chi connectivity index (χ1n) is 10.0. The topological polar surface area (TPSA) is 60.3 Å². The minimum absolute atomic E-state index is 0.135. The maximum Gasteiger partial charge on any atom is 0.408 e. The number of benzene rings is 2. The predicted octanol–water partition coefficient (Wildman–Crippen LogP) is 6.02. The summed E-state index contributed by atoms with van der Waals surface area (Å²) in [5.41, 5.74) is 2.31. The van der Waals surface area contributed by atoms with E-state index in [-0.39, 0.29) is 5.78 Å². The van der Waals surface area contributed by atoms with E-state index in [4.69, 9.17) is 27.9 Å². The van der Waals surface area contributed by atoms with Crippen molar-refractivity contribution in [1.29, 1.82) is 0 Å². The number of amides is 1. The first-order chi connectivity index (χ1) is 14.5. The molecule has 1 heterocycles. The Morgan fingerprint density at radius 3 is 2.35 bits per heavy atom. The van der Waals surface area contributed by atoms with Crippen molar-refractivity contribution in [3.8, 4) is 0 Å². The monoisotopic (exact) mass is 460 g/mol. The van der Waals surface area contributed by atoms with Crippen LogP contribution < -0.4 is 5.32 Å². The lowest BCUT2D eigenvalue weighted by atomic mass is 10.0. The third kappa shape index (κ3) is 6.25. The van der Waals surface area contributed by atoms with Crippen molar-refractivity contribution in [1.82, 2.24) is 9.88 Å². The second kappa shape index (κ2) is 9.33. The lowest BCUT2D eigenvalue weighted by Gasteiger charge is -2.22. The Hall–Kier alpha value is -2.50. The number of halogens is 2. The molecule has 1 amide bonds. The van der Waals surface area contributed by atoms with Gasteiger partial charge in [-0.3, -0.25) is 4.79 Å². The molecule has 0 spiro atoms. The fourth-order valence-electron chi connectivity index (χ4n) is 3.48. The summed E-state index contributed by atoms with van der Waals surface area (Å²) in [6.45, 7) is 7.39. The molecule has 1 aromatic heterocycles. The van der Waals surface area contributed by atoms with Gasteiger partial charge in [-0.25, -0.2) is 4.79 Å². The van der Waals surface area contributed by atoms with Crippen LogP contribution >= 0.6 is 23.2 Å². The highest BCUT2D eigenvalue weighted by atomic mass is 35.5. The van der Waals surface area contributed by atoms with E-state index in [2.05, 4.69) is 9.88 Å². The first kappa shape index (κ1) is 23.2. The number of carbonyl (C=O) groups is 2. The molecule has 31 heavy (non-hydrogen) atoms. The largest absolute Gasteiger partial charge is 0.444 e. The number of hydrogen-bond donors (Lipinski definition) is 1. The SMILES string of the molecule is CC(=O)[C@H](Cc1cn(Cc2cc(Cl)cc(Cl)c2)c2ccccc12)NC(=O)OC(C)(C)C. The molecule has 164 valence electrons. The average molecular weight is 461 g/mol. The smallest absolute Gasteiger partial charge is 0.408 e. The lowest BCUT2D eigenvalue weighted by Crippen LogP contribution is -2.43. The van der Waals surface area contributed by atoms with E-state index in [1.54, 1.807) is 26.8 Å². The van der Waals surface area contributed by atoms with Crippen LogP contribution in [0.3, 0.4) is 0 Å². The molecule has 3 aromatic rings. The van der Waals surface area contributed by atoms with Crippen molar-refractivity contribution < 1.29 is 14.3 Å². The van der Waals surface area contributed by atoms with Crippen LogP contribution in [0.25, 0.3) is 10.9 Å². The normalized spacial score (nSPS) is 12.6. The molecule has 0 saturated heterocycles. The number of Topliss-reactive ketones (excluding diaryl/α,β-unsaturated/α-hetero) is 1. The molecule has 5 nitrogen and oxygen atoms in total. The molecule has 7 heteroatoms. The van der Waals surface area contributed by atoms with E-state index >= 15 is 0 Å². The van der Waals surface area contributed by atoms with Gasteiger partial charge in [0.2, 0.25) is 0 Å². The third-order valence-corrected chi connectivity index (χ3v) is 5.19. The molecule has 0 saturated carbocycles. The fraction of sp³-hybridized carbons (Fsp3) is 0.333. The van der Waals surface area contributed by atoms with Crippen molar-refractivity contribution in [3.63, 3.8) is 0 Å². The number of ketones is 1. The Kier molecular flexibility index (Phi) is 6.97. The van der Waals surface area contributed by atoms with Crippen LogP contribution in [0.2, 0.25) is 10.0 Å². The van der Waals surface area contributed by atoms with E-state index in [0.717, 1.165) is 22.0 Å². The highest BCUT2D eigenvalue weighted by Crippen LogP contribution is 2.26. The van der Waals surface area contributed by atoms with Gasteiger partial charge < -0.3 is 14.6 Å². The third-order valence-electron chi connectivity index (χ3n) is 4.75. The molecular weight excluding hydrogens is 435 g/mol. The second-order valence-electron chi connectivity index (χ2n) is 8.59. The van der Waals surface area contributed by atoms with Gasteiger partial charge in [-0.15, -0.1) is 0 Å². The number of rotatable bonds is 6. The summed E-state index contributed by atoms with van der Waals surface area (Å²) < 4.78 is 7.41. The summed E-state index contributed by atoms with van der Waals surface area (Å²) in [4.78, 5) is 24.5. The predicted molar refractivity (Wildman–Crippen MR) is 125 cm³/mol. The lowest BCUT2D eigenvalue weighted by molar-refractivity contribution is -0.119. The number of alkyl carbamates (subject to hydrolysis) is 1. The van der Waals surface area contributed by atoms with Crippen molar-refractivity contribution in [2.45, 2.75) is 52.3 Å². The van der Waals surface area contributed by atoms with Gasteiger partial charge in [-0.1, -0.05) is 41.4 Å². The standard InChI is InChI=1S/C24H26Cl2N2O3/c1-15(29)21(27-23(30)31-24(2,3)4)11-17-14-28(22-8-6-5-7-20(17)22)13-16-9-18(25)12-19(26)10-16/h5-10,12,14,21H,11,13H2,1-4H3,(H,27,30)/t21-/m0/s1. The fourth-order valence-corrected chi connectivity index (χ4v) is 4.05. The number of hydrogen-bond acceptors (Lipinski definition) is 3. The minimum Gasteiger partial charge on any atom is -0.444 e. The summed E-state index contributed by atoms with van der Waals surface area (Å²) in [5, 5.41) is 4.89. The van der Waals surface area contributed by atoms with Crippen molar-refractivity contribution in [2.24, 2.45) is 0 Å². The quantitative estimate of drug-likeness (QED) is 0.488. The Labute approximate surface area is 192 Å². The van der Waals surface area contributed by atoms with Crippen LogP contribution in [0.4, 0.5) is 4.79 Å². The zero-order valence-corrected chi connectivity index (χ0v) is 19.6. The van der Waals surface area contributed by atoms with Gasteiger partial charge in [0, 0.05) is 40.1 Å². The average Bonchev–Trinajstić information content (AvgIpc) is 2.96. The Balaban J connectivity index is 1.89. The number of nitrogens with one attached hydrogen (secondary N) is 1. The molecule has 0 fully saturated rings. The molecule has 3 rings (SSSR count). The molecule has 0 aliphatic carbocycles. The van der Waals surface area contributed by atoms with E-state index in [0.29, 0.717) is 23.0 Å². The first-order valence-corrected chi connectivity index (χ1v) is 10.8. The molecule has 0 radical (unpaired) electrons. The summed E-state index contributed by atoms with van der Waals surface area (Å²) in [6, 6.07) is 12.7. The number of carbonyl (C=O) groups excluding carboxylic acids is 2. The zero-order valence-electron chi connectivity index (χ0n) is 18.0. The Morgan fingerprint density at radius 1 is 1.10 bits per heavy atom. The van der Waals surface area contributed by atoms with Crippen molar-refractivity contribution >= 4 is 46.0 Å². The van der Waals surface area contributed by atoms with Gasteiger partial charge in [0.25, 0.3) is 0 Å². The molecule has 1 atom stereocenters. The van der Waals surface area contributed by atoms with E-state index in [9.17, 15) is 9.59 Å². The van der Waals surface area contributed by atoms with Gasteiger partial charge >= 0.3 is 6.09 Å². The minimum atomic E-state index is -0.685. The maximum absolute atomic E-state index is 12.3. The number of fused-ring (bicyclic) bond motifs is 1. The molecule has 0 aliphatic rings. The van der Waals surface area contributed by atoms with Gasteiger partial charge in [0.15, 0.2) is 5.78 Å². The molecule has 1 N–H and O–H groups in total. The van der Waals surface area contributed by atoms with Crippen molar-refractivity contribution in [2.75, 3.05) is 0 Å². The highest BCUT2D eigenvalue weighted by Gasteiger charge is 2.23. The zero-order chi connectivity index (χ0) is 22.8. The number of ether oxygens (including phenoxy) is 1. The van der Waals surface area contributed by atoms with E-state index in [1.165, 1.54) is 6.92 Å². The second-order valence-corrected chi connectivity index (χ2v) is 9.46. The summed E-state index contributed by atoms with van der Waals surface area (Å²) in [7, 11) is 0. The van der Waals surface area contributed by atoms with Gasteiger partial charge in [0.05, 0.1) is 6.04 Å². The van der Waals surface area contributed by atoms with Gasteiger partial charge in [-0.05, 0) is 63.1 Å². The molecule has 0 bridgehead atoms.